The highest BCUT2D eigenvalue weighted by Gasteiger charge is 2.25. The molecule has 0 aliphatic carbocycles. The van der Waals surface area contributed by atoms with E-state index in [2.05, 4.69) is 5.32 Å². The van der Waals surface area contributed by atoms with E-state index in [1.165, 1.54) is 0 Å². The molecule has 148 valence electrons. The first-order chi connectivity index (χ1) is 12.9. The number of carbonyl (C=O) groups excluding carboxylic acids is 2. The molecule has 0 spiro atoms. The summed E-state index contributed by atoms with van der Waals surface area (Å²) in [4.78, 5) is 26.9. The van der Waals surface area contributed by atoms with Crippen molar-refractivity contribution in [3.05, 3.63) is 29.3 Å². The van der Waals surface area contributed by atoms with Crippen molar-refractivity contribution in [1.29, 1.82) is 0 Å². The van der Waals surface area contributed by atoms with Gasteiger partial charge in [0.25, 0.3) is 5.91 Å². The van der Waals surface area contributed by atoms with Gasteiger partial charge in [-0.25, -0.2) is 8.78 Å². The molecule has 9 heteroatoms. The van der Waals surface area contributed by atoms with E-state index in [-0.39, 0.29) is 29.7 Å². The minimum absolute atomic E-state index is 0.0402. The van der Waals surface area contributed by atoms with Crippen LogP contribution in [0.1, 0.15) is 23.2 Å². The summed E-state index contributed by atoms with van der Waals surface area (Å²) in [6.45, 7) is 3.09. The molecule has 2 aliphatic heterocycles. The normalized spacial score (nSPS) is 19.1. The minimum Gasteiger partial charge on any atom is -0.378 e. The Morgan fingerprint density at radius 3 is 2.26 bits per heavy atom. The quantitative estimate of drug-likeness (QED) is 0.774. The Balaban J connectivity index is 1.61. The summed E-state index contributed by atoms with van der Waals surface area (Å²) in [5, 5.41) is 2.81. The molecular weight excluding hydrogens is 358 g/mol. The van der Waals surface area contributed by atoms with Crippen molar-refractivity contribution in [2.75, 3.05) is 50.8 Å². The highest BCUT2D eigenvalue weighted by atomic mass is 19.1. The van der Waals surface area contributed by atoms with Gasteiger partial charge in [-0.1, -0.05) is 0 Å². The van der Waals surface area contributed by atoms with Gasteiger partial charge in [0, 0.05) is 37.8 Å². The summed E-state index contributed by atoms with van der Waals surface area (Å²) in [6.07, 6.45) is 1.30. The number of piperidine rings is 1. The second kappa shape index (κ2) is 8.62. The number of likely N-dealkylation sites (tertiary alicyclic amines) is 1. The summed E-state index contributed by atoms with van der Waals surface area (Å²) >= 11 is 0. The van der Waals surface area contributed by atoms with Crippen LogP contribution in [0.2, 0.25) is 0 Å². The first-order valence-electron chi connectivity index (χ1n) is 9.07. The maximum atomic E-state index is 14.5. The molecule has 2 fully saturated rings. The Bertz CT molecular complexity index is 679. The van der Waals surface area contributed by atoms with Gasteiger partial charge in [0.2, 0.25) is 5.91 Å². The Kier molecular flexibility index (Phi) is 6.22. The molecule has 2 heterocycles. The Labute approximate surface area is 156 Å². The maximum absolute atomic E-state index is 14.5. The van der Waals surface area contributed by atoms with Crippen LogP contribution in [0.3, 0.4) is 0 Å². The number of ether oxygens (including phenoxy) is 1. The van der Waals surface area contributed by atoms with E-state index in [0.717, 1.165) is 12.1 Å². The molecule has 0 atom stereocenters. The number of nitrogens with zero attached hydrogens (tertiary/aromatic N) is 2. The van der Waals surface area contributed by atoms with Crippen molar-refractivity contribution in [3.63, 3.8) is 0 Å². The van der Waals surface area contributed by atoms with Gasteiger partial charge in [0.1, 0.15) is 17.3 Å². The molecule has 3 rings (SSSR count). The van der Waals surface area contributed by atoms with Crippen LogP contribution in [0.4, 0.5) is 14.5 Å². The number of anilines is 1. The van der Waals surface area contributed by atoms with E-state index in [9.17, 15) is 18.4 Å². The average molecular weight is 382 g/mol. The van der Waals surface area contributed by atoms with Crippen molar-refractivity contribution < 1.29 is 23.1 Å². The number of primary amides is 1. The summed E-state index contributed by atoms with van der Waals surface area (Å²) in [6, 6.07) is 2.04. The van der Waals surface area contributed by atoms with Crippen LogP contribution in [0, 0.1) is 11.6 Å². The predicted octanol–water partition coefficient (Wildman–Crippen LogP) is 0.481. The fourth-order valence-electron chi connectivity index (χ4n) is 3.51. The standard InChI is InChI=1S/C18H24F2N4O3/c19-14-9-12(10-15(20)17(14)24-5-7-27-8-6-24)18(26)22-13-1-3-23(4-2-13)11-16(21)25/h9-10,13H,1-8,11H2,(H2,21,25)(H,22,26). The molecule has 0 bridgehead atoms. The summed E-state index contributed by atoms with van der Waals surface area (Å²) in [7, 11) is 0. The van der Waals surface area contributed by atoms with Crippen molar-refractivity contribution in [2.45, 2.75) is 18.9 Å². The van der Waals surface area contributed by atoms with E-state index in [1.54, 1.807) is 4.90 Å². The molecule has 0 saturated carbocycles. The lowest BCUT2D eigenvalue weighted by Gasteiger charge is -2.31. The van der Waals surface area contributed by atoms with E-state index >= 15 is 0 Å². The number of nitrogens with one attached hydrogen (secondary N) is 1. The third-order valence-electron chi connectivity index (χ3n) is 4.91. The largest absolute Gasteiger partial charge is 0.378 e. The second-order valence-corrected chi connectivity index (χ2v) is 6.88. The zero-order chi connectivity index (χ0) is 19.4. The second-order valence-electron chi connectivity index (χ2n) is 6.88. The number of morpholine rings is 1. The number of benzene rings is 1. The van der Waals surface area contributed by atoms with Crippen LogP contribution in [0.5, 0.6) is 0 Å². The van der Waals surface area contributed by atoms with E-state index in [0.29, 0.717) is 52.2 Å². The lowest BCUT2D eigenvalue weighted by atomic mass is 10.0. The number of carbonyl (C=O) groups is 2. The van der Waals surface area contributed by atoms with E-state index < -0.39 is 17.5 Å². The summed E-state index contributed by atoms with van der Waals surface area (Å²) in [5.41, 5.74) is 5.02. The monoisotopic (exact) mass is 382 g/mol. The molecule has 7 nitrogen and oxygen atoms in total. The Hall–Kier alpha value is -2.26. The highest BCUT2D eigenvalue weighted by molar-refractivity contribution is 5.94. The van der Waals surface area contributed by atoms with Gasteiger partial charge in [-0.15, -0.1) is 0 Å². The van der Waals surface area contributed by atoms with Crippen molar-refractivity contribution in [2.24, 2.45) is 5.73 Å². The molecule has 2 aliphatic rings. The van der Waals surface area contributed by atoms with Gasteiger partial charge in [-0.05, 0) is 25.0 Å². The van der Waals surface area contributed by atoms with Gasteiger partial charge in [-0.3, -0.25) is 14.5 Å². The molecule has 1 aromatic carbocycles. The number of hydrogen-bond donors (Lipinski definition) is 2. The first kappa shape index (κ1) is 19.5. The molecule has 1 aromatic rings. The van der Waals surface area contributed by atoms with Crippen LogP contribution < -0.4 is 16.0 Å². The predicted molar refractivity (Wildman–Crippen MR) is 95.5 cm³/mol. The van der Waals surface area contributed by atoms with Gasteiger partial charge < -0.3 is 20.7 Å². The topological polar surface area (TPSA) is 87.9 Å². The van der Waals surface area contributed by atoms with Crippen molar-refractivity contribution >= 4 is 17.5 Å². The summed E-state index contributed by atoms with van der Waals surface area (Å²) in [5.74, 6) is -2.39. The van der Waals surface area contributed by atoms with E-state index in [4.69, 9.17) is 10.5 Å². The average Bonchev–Trinajstić information content (AvgIpc) is 2.63. The molecule has 2 amide bonds. The van der Waals surface area contributed by atoms with Crippen LogP contribution >= 0.6 is 0 Å². The third-order valence-corrected chi connectivity index (χ3v) is 4.91. The molecule has 0 unspecified atom stereocenters. The number of nitrogens with two attached hydrogens (primary N) is 1. The van der Waals surface area contributed by atoms with Crippen LogP contribution in [-0.2, 0) is 9.53 Å². The minimum atomic E-state index is -0.752. The smallest absolute Gasteiger partial charge is 0.251 e. The van der Waals surface area contributed by atoms with Crippen LogP contribution in [0.15, 0.2) is 12.1 Å². The molecule has 3 N–H and O–H groups in total. The van der Waals surface area contributed by atoms with Gasteiger partial charge in [0.05, 0.1) is 19.8 Å². The molecule has 2 saturated heterocycles. The number of amides is 2. The Morgan fingerprint density at radius 1 is 1.11 bits per heavy atom. The third kappa shape index (κ3) is 4.92. The first-order valence-corrected chi connectivity index (χ1v) is 9.07. The molecule has 27 heavy (non-hydrogen) atoms. The van der Waals surface area contributed by atoms with Gasteiger partial charge >= 0.3 is 0 Å². The SMILES string of the molecule is NC(=O)CN1CCC(NC(=O)c2cc(F)c(N3CCOCC3)c(F)c2)CC1. The molecule has 0 aromatic heterocycles. The molecule has 0 radical (unpaired) electrons. The van der Waals surface area contributed by atoms with Crippen molar-refractivity contribution in [3.8, 4) is 0 Å². The van der Waals surface area contributed by atoms with Gasteiger partial charge in [-0.2, -0.15) is 0 Å². The Morgan fingerprint density at radius 2 is 1.70 bits per heavy atom. The van der Waals surface area contributed by atoms with Gasteiger partial charge in [0.15, 0.2) is 0 Å². The zero-order valence-corrected chi connectivity index (χ0v) is 15.0. The number of hydrogen-bond acceptors (Lipinski definition) is 5. The fraction of sp³-hybridized carbons (Fsp3) is 0.556. The van der Waals surface area contributed by atoms with E-state index in [1.807, 2.05) is 4.90 Å². The highest BCUT2D eigenvalue weighted by Crippen LogP contribution is 2.26. The number of rotatable bonds is 5. The van der Waals surface area contributed by atoms with Crippen LogP contribution in [-0.4, -0.2) is 68.7 Å². The van der Waals surface area contributed by atoms with Crippen molar-refractivity contribution in [1.82, 2.24) is 10.2 Å². The maximum Gasteiger partial charge on any atom is 0.251 e. The lowest BCUT2D eigenvalue weighted by molar-refractivity contribution is -0.119. The lowest BCUT2D eigenvalue weighted by Crippen LogP contribution is -2.46. The fourth-order valence-corrected chi connectivity index (χ4v) is 3.51. The zero-order valence-electron chi connectivity index (χ0n) is 15.0. The molecular formula is C18H24F2N4O3. The van der Waals surface area contributed by atoms with Crippen LogP contribution in [0.25, 0.3) is 0 Å². The number of halogens is 2. The summed E-state index contributed by atoms with van der Waals surface area (Å²) < 4.78 is 34.1.